The molecule has 0 unspecified atom stereocenters. The summed E-state index contributed by atoms with van der Waals surface area (Å²) in [5.74, 6) is -4.64. The molecule has 0 saturated carbocycles. The number of aromatic nitrogens is 1. The molecule has 1 fully saturated rings. The molecule has 1 aromatic heterocycles. The normalized spacial score (nSPS) is 23.2. The van der Waals surface area contributed by atoms with Crippen LogP contribution >= 0.6 is 0 Å². The van der Waals surface area contributed by atoms with Crippen molar-refractivity contribution in [2.45, 2.75) is 31.7 Å². The monoisotopic (exact) mass is 449 g/mol. The molecule has 2 aliphatic heterocycles. The van der Waals surface area contributed by atoms with Crippen molar-refractivity contribution in [3.05, 3.63) is 29.7 Å². The highest BCUT2D eigenvalue weighted by Gasteiger charge is 2.53. The second-order valence-electron chi connectivity index (χ2n) is 7.19. The first-order valence-corrected chi connectivity index (χ1v) is 9.29. The lowest BCUT2D eigenvalue weighted by atomic mass is 9.79. The number of rotatable bonds is 5. The molecule has 5 N–H and O–H groups in total. The summed E-state index contributed by atoms with van der Waals surface area (Å²) in [6.07, 6.45) is -5.62. The molecule has 3 rings (SSSR count). The molecule has 8 nitrogen and oxygen atoms in total. The molecule has 0 bridgehead atoms. The Labute approximate surface area is 173 Å². The van der Waals surface area contributed by atoms with E-state index in [1.807, 2.05) is 5.32 Å². The van der Waals surface area contributed by atoms with Crippen LogP contribution in [0.5, 0.6) is 5.75 Å². The summed E-state index contributed by atoms with van der Waals surface area (Å²) >= 11 is 0. The van der Waals surface area contributed by atoms with Gasteiger partial charge in [-0.15, -0.1) is 0 Å². The van der Waals surface area contributed by atoms with Gasteiger partial charge in [0.15, 0.2) is 0 Å². The van der Waals surface area contributed by atoms with Crippen LogP contribution in [0.1, 0.15) is 12.8 Å². The van der Waals surface area contributed by atoms with Crippen molar-refractivity contribution in [2.24, 2.45) is 17.6 Å². The summed E-state index contributed by atoms with van der Waals surface area (Å²) in [4.78, 5) is 17.4. The van der Waals surface area contributed by atoms with Gasteiger partial charge in [-0.2, -0.15) is 22.0 Å². The molecule has 31 heavy (non-hydrogen) atoms. The molecule has 0 aromatic carbocycles. The van der Waals surface area contributed by atoms with Gasteiger partial charge in [0.1, 0.15) is 29.4 Å². The van der Waals surface area contributed by atoms with Gasteiger partial charge in [-0.1, -0.05) is 0 Å². The maximum atomic E-state index is 13.5. The highest BCUT2D eigenvalue weighted by molar-refractivity contribution is 6.03. The zero-order chi connectivity index (χ0) is 22.9. The number of pyridine rings is 1. The largest absolute Gasteiger partial charge is 0.433 e. The van der Waals surface area contributed by atoms with Crippen LogP contribution < -0.4 is 20.7 Å². The number of alkyl halides is 5. The standard InChI is InChI=1S/C18H20F5N5O3/c19-17(20)31-9-1-2-10(26-7-9)28-5-3-8(4-6-28)13(24)11-12(18(21,22)23)14(29)16(30)27-15(11)25/h1-2,7-8,12,14,17,24,29H,3-6,25H2,(H,27,30)/t12-,14-/m1/s1. The highest BCUT2D eigenvalue weighted by Crippen LogP contribution is 2.40. The van der Waals surface area contributed by atoms with Gasteiger partial charge in [0.2, 0.25) is 0 Å². The zero-order valence-corrected chi connectivity index (χ0v) is 16.0. The SMILES string of the molecule is N=C(C1=C(N)NC(=O)[C@H](O)[C@@H]1C(F)(F)F)C1CCN(c2ccc(OC(F)F)cn2)CC1. The fraction of sp³-hybridized carbons (Fsp3) is 0.500. The number of carbonyl (C=O) groups excluding carboxylic acids is 1. The second kappa shape index (κ2) is 8.65. The number of ether oxygens (including phenoxy) is 1. The van der Waals surface area contributed by atoms with Crippen molar-refractivity contribution in [2.75, 3.05) is 18.0 Å². The average Bonchev–Trinajstić information content (AvgIpc) is 2.69. The van der Waals surface area contributed by atoms with Gasteiger partial charge in [-0.05, 0) is 25.0 Å². The lowest BCUT2D eigenvalue weighted by Crippen LogP contribution is -2.54. The molecule has 1 amide bonds. The molecule has 2 aliphatic rings. The number of hydrogen-bond donors (Lipinski definition) is 4. The van der Waals surface area contributed by atoms with Gasteiger partial charge in [0.25, 0.3) is 5.91 Å². The van der Waals surface area contributed by atoms with E-state index >= 15 is 0 Å². The molecule has 1 aromatic rings. The Balaban J connectivity index is 1.70. The number of amides is 1. The summed E-state index contributed by atoms with van der Waals surface area (Å²) in [6, 6.07) is 2.81. The number of nitrogens with one attached hydrogen (secondary N) is 2. The number of aliphatic hydroxyl groups is 1. The smallest absolute Gasteiger partial charge is 0.398 e. The number of halogens is 5. The third-order valence-electron chi connectivity index (χ3n) is 5.26. The van der Waals surface area contributed by atoms with E-state index < -0.39 is 48.0 Å². The molecule has 1 saturated heterocycles. The molecule has 0 spiro atoms. The first-order valence-electron chi connectivity index (χ1n) is 9.29. The zero-order valence-electron chi connectivity index (χ0n) is 16.0. The van der Waals surface area contributed by atoms with Crippen molar-refractivity contribution in [1.82, 2.24) is 10.3 Å². The first kappa shape index (κ1) is 22.7. The number of nitrogens with zero attached hydrogens (tertiary/aromatic N) is 2. The third-order valence-corrected chi connectivity index (χ3v) is 5.26. The Hall–Kier alpha value is -2.96. The van der Waals surface area contributed by atoms with E-state index in [0.29, 0.717) is 31.7 Å². The lowest BCUT2D eigenvalue weighted by Gasteiger charge is -2.37. The molecule has 2 atom stereocenters. The Morgan fingerprint density at radius 3 is 2.48 bits per heavy atom. The average molecular weight is 449 g/mol. The number of aliphatic hydroxyl groups excluding tert-OH is 1. The van der Waals surface area contributed by atoms with Crippen LogP contribution in [0.4, 0.5) is 27.8 Å². The number of hydrogen-bond acceptors (Lipinski definition) is 7. The number of nitrogens with two attached hydrogens (primary N) is 1. The van der Waals surface area contributed by atoms with Crippen LogP contribution in [0, 0.1) is 17.2 Å². The minimum Gasteiger partial charge on any atom is -0.433 e. The van der Waals surface area contributed by atoms with Crippen molar-refractivity contribution >= 4 is 17.4 Å². The summed E-state index contributed by atoms with van der Waals surface area (Å²) in [7, 11) is 0. The fourth-order valence-electron chi connectivity index (χ4n) is 3.76. The fourth-order valence-corrected chi connectivity index (χ4v) is 3.76. The minimum absolute atomic E-state index is 0.103. The van der Waals surface area contributed by atoms with Crippen LogP contribution in [0.15, 0.2) is 29.7 Å². The molecular formula is C18H20F5N5O3. The molecular weight excluding hydrogens is 429 g/mol. The molecule has 0 radical (unpaired) electrons. The van der Waals surface area contributed by atoms with Crippen LogP contribution in [0.3, 0.4) is 0 Å². The quantitative estimate of drug-likeness (QED) is 0.401. The van der Waals surface area contributed by atoms with E-state index in [-0.39, 0.29) is 11.5 Å². The predicted octanol–water partition coefficient (Wildman–Crippen LogP) is 1.76. The Morgan fingerprint density at radius 1 is 1.32 bits per heavy atom. The van der Waals surface area contributed by atoms with E-state index in [1.165, 1.54) is 12.1 Å². The van der Waals surface area contributed by atoms with Crippen LogP contribution in [0.25, 0.3) is 0 Å². The summed E-state index contributed by atoms with van der Waals surface area (Å²) < 4.78 is 69.2. The van der Waals surface area contributed by atoms with E-state index in [4.69, 9.17) is 11.1 Å². The Morgan fingerprint density at radius 2 is 1.97 bits per heavy atom. The molecule has 170 valence electrons. The van der Waals surface area contributed by atoms with Gasteiger partial charge >= 0.3 is 12.8 Å². The van der Waals surface area contributed by atoms with Crippen molar-refractivity contribution in [1.29, 1.82) is 5.41 Å². The summed E-state index contributed by atoms with van der Waals surface area (Å²) in [5.41, 5.74) is 4.60. The summed E-state index contributed by atoms with van der Waals surface area (Å²) in [6.45, 7) is -2.29. The van der Waals surface area contributed by atoms with E-state index in [0.717, 1.165) is 6.20 Å². The van der Waals surface area contributed by atoms with Crippen LogP contribution in [0.2, 0.25) is 0 Å². The molecule has 3 heterocycles. The predicted molar refractivity (Wildman–Crippen MR) is 98.4 cm³/mol. The molecule has 13 heteroatoms. The van der Waals surface area contributed by atoms with Crippen molar-refractivity contribution in [3.8, 4) is 5.75 Å². The Kier molecular flexibility index (Phi) is 6.34. The van der Waals surface area contributed by atoms with Gasteiger partial charge < -0.3 is 31.2 Å². The maximum Gasteiger partial charge on any atom is 0.398 e. The number of anilines is 1. The highest BCUT2D eigenvalue weighted by atomic mass is 19.4. The van der Waals surface area contributed by atoms with Crippen molar-refractivity contribution in [3.63, 3.8) is 0 Å². The van der Waals surface area contributed by atoms with Crippen LogP contribution in [-0.4, -0.2) is 53.7 Å². The topological polar surface area (TPSA) is 125 Å². The maximum absolute atomic E-state index is 13.5. The van der Waals surface area contributed by atoms with Crippen molar-refractivity contribution < 1.29 is 36.6 Å². The van der Waals surface area contributed by atoms with E-state index in [1.54, 1.807) is 4.90 Å². The van der Waals surface area contributed by atoms with E-state index in [9.17, 15) is 31.9 Å². The minimum atomic E-state index is -4.96. The van der Waals surface area contributed by atoms with E-state index in [2.05, 4.69) is 9.72 Å². The van der Waals surface area contributed by atoms with Gasteiger partial charge in [-0.25, -0.2) is 4.98 Å². The van der Waals surface area contributed by atoms with Gasteiger partial charge in [0.05, 0.1) is 6.20 Å². The number of carbonyl (C=O) groups is 1. The Bertz CT molecular complexity index is 866. The summed E-state index contributed by atoms with van der Waals surface area (Å²) in [5, 5.41) is 20.1. The van der Waals surface area contributed by atoms with Gasteiger partial charge in [0, 0.05) is 30.3 Å². The number of piperidine rings is 1. The lowest BCUT2D eigenvalue weighted by molar-refractivity contribution is -0.192. The first-order chi connectivity index (χ1) is 14.5. The second-order valence-corrected chi connectivity index (χ2v) is 7.19. The van der Waals surface area contributed by atoms with Crippen LogP contribution in [-0.2, 0) is 4.79 Å². The van der Waals surface area contributed by atoms with Gasteiger partial charge in [-0.3, -0.25) is 4.79 Å². The molecule has 0 aliphatic carbocycles. The third kappa shape index (κ3) is 4.86.